The molecule has 1 aliphatic rings. The Balaban J connectivity index is 0.000000281. The first-order chi connectivity index (χ1) is 7.61. The van der Waals surface area contributed by atoms with Gasteiger partial charge in [0.2, 0.25) is 5.91 Å². The fourth-order valence-electron chi connectivity index (χ4n) is 1.41. The van der Waals surface area contributed by atoms with Gasteiger partial charge in [-0.1, -0.05) is 32.8 Å². The third-order valence-electron chi connectivity index (χ3n) is 2.36. The fourth-order valence-corrected chi connectivity index (χ4v) is 1.72. The summed E-state index contributed by atoms with van der Waals surface area (Å²) in [5, 5.41) is 0. The van der Waals surface area contributed by atoms with Gasteiger partial charge in [0.25, 0.3) is 0 Å². The zero-order valence-electron chi connectivity index (χ0n) is 9.92. The molecule has 0 aromatic rings. The molecule has 0 bridgehead atoms. The number of carbonyl (C=O) groups is 1. The van der Waals surface area contributed by atoms with Crippen molar-refractivity contribution in [1.29, 1.82) is 0 Å². The largest absolute Gasteiger partial charge is 0.320 e. The summed E-state index contributed by atoms with van der Waals surface area (Å²) < 4.78 is 0. The highest BCUT2D eigenvalue weighted by Crippen LogP contribution is 2.11. The lowest BCUT2D eigenvalue weighted by atomic mass is 10.2. The molecule has 16 heavy (non-hydrogen) atoms. The SMILES string of the molecule is C=CN1CCCC1=O.CCCCCC(Cl)Cl. The highest BCUT2D eigenvalue weighted by molar-refractivity contribution is 6.44. The topological polar surface area (TPSA) is 20.3 Å². The van der Waals surface area contributed by atoms with Crippen LogP contribution >= 0.6 is 23.2 Å². The number of unbranched alkanes of at least 4 members (excludes halogenated alkanes) is 2. The van der Waals surface area contributed by atoms with Crippen LogP contribution in [0.15, 0.2) is 12.8 Å². The number of rotatable bonds is 5. The molecule has 4 heteroatoms. The molecule has 2 nitrogen and oxygen atoms in total. The van der Waals surface area contributed by atoms with E-state index < -0.39 is 0 Å². The van der Waals surface area contributed by atoms with Crippen molar-refractivity contribution < 1.29 is 4.79 Å². The number of nitrogens with zero attached hydrogens (tertiary/aromatic N) is 1. The number of likely N-dealkylation sites (tertiary alicyclic amines) is 1. The minimum atomic E-state index is -0.151. The lowest BCUT2D eigenvalue weighted by molar-refractivity contribution is -0.125. The first-order valence-electron chi connectivity index (χ1n) is 5.82. The molecule has 0 aromatic carbocycles. The molecule has 1 rings (SSSR count). The van der Waals surface area contributed by atoms with E-state index in [1.807, 2.05) is 0 Å². The van der Waals surface area contributed by atoms with Crippen LogP contribution in [0.2, 0.25) is 0 Å². The Morgan fingerprint density at radius 3 is 2.50 bits per heavy atom. The van der Waals surface area contributed by atoms with Gasteiger partial charge in [0.15, 0.2) is 0 Å². The van der Waals surface area contributed by atoms with Crippen molar-refractivity contribution in [3.63, 3.8) is 0 Å². The van der Waals surface area contributed by atoms with Crippen molar-refractivity contribution in [2.24, 2.45) is 0 Å². The van der Waals surface area contributed by atoms with Gasteiger partial charge in [-0.3, -0.25) is 4.79 Å². The van der Waals surface area contributed by atoms with Gasteiger partial charge in [-0.15, -0.1) is 23.2 Å². The molecule has 0 saturated carbocycles. The second-order valence-electron chi connectivity index (χ2n) is 3.76. The van der Waals surface area contributed by atoms with Crippen molar-refractivity contribution in [2.45, 2.75) is 50.3 Å². The Hall–Kier alpha value is -0.210. The van der Waals surface area contributed by atoms with Crippen LogP contribution in [0, 0.1) is 0 Å². The van der Waals surface area contributed by atoms with Gasteiger partial charge in [0.05, 0.1) is 0 Å². The van der Waals surface area contributed by atoms with Crippen LogP contribution in [0.3, 0.4) is 0 Å². The second-order valence-corrected chi connectivity index (χ2v) is 5.04. The highest BCUT2D eigenvalue weighted by atomic mass is 35.5. The maximum absolute atomic E-state index is 10.7. The van der Waals surface area contributed by atoms with E-state index in [0.717, 1.165) is 25.8 Å². The molecule has 94 valence electrons. The molecule has 0 atom stereocenters. The molecule has 1 heterocycles. The van der Waals surface area contributed by atoms with Crippen LogP contribution in [0.25, 0.3) is 0 Å². The number of carbonyl (C=O) groups excluding carboxylic acids is 1. The van der Waals surface area contributed by atoms with Crippen molar-refractivity contribution in [1.82, 2.24) is 4.90 Å². The summed E-state index contributed by atoms with van der Waals surface area (Å²) in [6.45, 7) is 6.53. The minimum Gasteiger partial charge on any atom is -0.320 e. The van der Waals surface area contributed by atoms with Crippen molar-refractivity contribution in [3.05, 3.63) is 12.8 Å². The van der Waals surface area contributed by atoms with Gasteiger partial charge >= 0.3 is 0 Å². The summed E-state index contributed by atoms with van der Waals surface area (Å²) in [7, 11) is 0. The summed E-state index contributed by atoms with van der Waals surface area (Å²) >= 11 is 11.0. The number of hydrogen-bond acceptors (Lipinski definition) is 1. The predicted molar refractivity (Wildman–Crippen MR) is 70.8 cm³/mol. The van der Waals surface area contributed by atoms with E-state index in [2.05, 4.69) is 13.5 Å². The second kappa shape index (κ2) is 9.98. The Kier molecular flexibility index (Phi) is 9.85. The average Bonchev–Trinajstić information content (AvgIpc) is 2.65. The van der Waals surface area contributed by atoms with Gasteiger partial charge < -0.3 is 4.90 Å². The minimum absolute atomic E-state index is 0.151. The van der Waals surface area contributed by atoms with Gasteiger partial charge in [-0.05, 0) is 19.0 Å². The summed E-state index contributed by atoms with van der Waals surface area (Å²) in [6.07, 6.45) is 7.87. The van der Waals surface area contributed by atoms with E-state index in [9.17, 15) is 4.79 Å². The predicted octanol–water partition coefficient (Wildman–Crippen LogP) is 4.12. The van der Waals surface area contributed by atoms with Gasteiger partial charge in [-0.2, -0.15) is 0 Å². The highest BCUT2D eigenvalue weighted by Gasteiger charge is 2.15. The molecule has 0 aromatic heterocycles. The lowest BCUT2D eigenvalue weighted by Crippen LogP contribution is -2.16. The Morgan fingerprint density at radius 2 is 2.19 bits per heavy atom. The maximum Gasteiger partial charge on any atom is 0.226 e. The summed E-state index contributed by atoms with van der Waals surface area (Å²) in [5.74, 6) is 0.208. The maximum atomic E-state index is 10.7. The zero-order valence-corrected chi connectivity index (χ0v) is 11.4. The van der Waals surface area contributed by atoms with Crippen LogP contribution in [-0.2, 0) is 4.79 Å². The monoisotopic (exact) mass is 265 g/mol. The Morgan fingerprint density at radius 1 is 1.50 bits per heavy atom. The normalized spacial score (nSPS) is 15.0. The number of hydrogen-bond donors (Lipinski definition) is 0. The fraction of sp³-hybridized carbons (Fsp3) is 0.750. The Bertz CT molecular complexity index is 207. The number of halogens is 2. The van der Waals surface area contributed by atoms with Gasteiger partial charge in [0, 0.05) is 13.0 Å². The zero-order chi connectivity index (χ0) is 12.4. The lowest BCUT2D eigenvalue weighted by Gasteiger charge is -2.05. The number of amides is 1. The molecule has 1 fully saturated rings. The molecule has 0 unspecified atom stereocenters. The molecular formula is C12H21Cl2NO. The average molecular weight is 266 g/mol. The van der Waals surface area contributed by atoms with Crippen molar-refractivity contribution in [2.75, 3.05) is 6.54 Å². The molecule has 0 spiro atoms. The van der Waals surface area contributed by atoms with E-state index in [0.29, 0.717) is 6.42 Å². The van der Waals surface area contributed by atoms with E-state index in [1.54, 1.807) is 11.1 Å². The summed E-state index contributed by atoms with van der Waals surface area (Å²) in [6, 6.07) is 0. The first kappa shape index (κ1) is 15.8. The smallest absolute Gasteiger partial charge is 0.226 e. The molecular weight excluding hydrogens is 245 g/mol. The standard InChI is InChI=1S/C6H12Cl2.C6H9NO/c1-2-3-4-5-6(7)8;1-2-7-5-3-4-6(7)8/h6H,2-5H2,1H3;2H,1,3-5H2. The van der Waals surface area contributed by atoms with Crippen molar-refractivity contribution in [3.8, 4) is 0 Å². The molecule has 1 aliphatic heterocycles. The summed E-state index contributed by atoms with van der Waals surface area (Å²) in [5.41, 5.74) is 0. The third-order valence-corrected chi connectivity index (χ3v) is 2.79. The molecule has 1 saturated heterocycles. The molecule has 0 aliphatic carbocycles. The van der Waals surface area contributed by atoms with Gasteiger partial charge in [0.1, 0.15) is 4.84 Å². The molecule has 1 amide bonds. The summed E-state index contributed by atoms with van der Waals surface area (Å²) in [4.78, 5) is 12.2. The van der Waals surface area contributed by atoms with Crippen LogP contribution in [-0.4, -0.2) is 22.2 Å². The van der Waals surface area contributed by atoms with Crippen LogP contribution < -0.4 is 0 Å². The van der Waals surface area contributed by atoms with Crippen LogP contribution in [0.1, 0.15) is 45.4 Å². The van der Waals surface area contributed by atoms with E-state index >= 15 is 0 Å². The third kappa shape index (κ3) is 8.00. The Labute approximate surface area is 109 Å². The molecule has 0 radical (unpaired) electrons. The van der Waals surface area contributed by atoms with Gasteiger partial charge in [-0.25, -0.2) is 0 Å². The van der Waals surface area contributed by atoms with E-state index in [4.69, 9.17) is 23.2 Å². The first-order valence-corrected chi connectivity index (χ1v) is 6.69. The van der Waals surface area contributed by atoms with E-state index in [-0.39, 0.29) is 10.7 Å². The van der Waals surface area contributed by atoms with E-state index in [1.165, 1.54) is 12.8 Å². The number of alkyl halides is 2. The van der Waals surface area contributed by atoms with Crippen molar-refractivity contribution >= 4 is 29.1 Å². The quantitative estimate of drug-likeness (QED) is 0.541. The molecule has 0 N–H and O–H groups in total. The van der Waals surface area contributed by atoms with Crippen LogP contribution in [0.5, 0.6) is 0 Å². The van der Waals surface area contributed by atoms with Crippen LogP contribution in [0.4, 0.5) is 0 Å².